The predicted octanol–water partition coefficient (Wildman–Crippen LogP) is 2.62. The Balaban J connectivity index is 2.65. The van der Waals surface area contributed by atoms with E-state index in [-0.39, 0.29) is 10.6 Å². The van der Waals surface area contributed by atoms with Crippen molar-refractivity contribution in [2.75, 3.05) is 6.54 Å². The molecule has 0 aliphatic carbocycles. The third-order valence-electron chi connectivity index (χ3n) is 1.91. The third-order valence-corrected chi connectivity index (χ3v) is 2.20. The van der Waals surface area contributed by atoms with Gasteiger partial charge < -0.3 is 5.32 Å². The molecule has 0 spiro atoms. The molecule has 0 bridgehead atoms. The van der Waals surface area contributed by atoms with Gasteiger partial charge in [-0.2, -0.15) is 0 Å². The van der Waals surface area contributed by atoms with Crippen molar-refractivity contribution in [2.45, 2.75) is 13.3 Å². The van der Waals surface area contributed by atoms with E-state index in [1.54, 1.807) is 6.92 Å². The van der Waals surface area contributed by atoms with Gasteiger partial charge in [0, 0.05) is 13.0 Å². The van der Waals surface area contributed by atoms with E-state index in [2.05, 4.69) is 17.2 Å². The second-order valence-electron chi connectivity index (χ2n) is 3.03. The van der Waals surface area contributed by atoms with E-state index < -0.39 is 11.7 Å². The molecule has 0 radical (unpaired) electrons. The number of amides is 1. The Bertz CT molecular complexity index is 448. The van der Waals surface area contributed by atoms with Crippen LogP contribution in [0.1, 0.15) is 23.7 Å². The van der Waals surface area contributed by atoms with Crippen LogP contribution >= 0.6 is 11.6 Å². The van der Waals surface area contributed by atoms with Crippen molar-refractivity contribution in [3.63, 3.8) is 0 Å². The molecule has 0 fully saturated rings. The molecule has 0 saturated carbocycles. The lowest BCUT2D eigenvalue weighted by Crippen LogP contribution is -2.25. The van der Waals surface area contributed by atoms with Crippen molar-refractivity contribution in [2.24, 2.45) is 0 Å². The molecule has 2 nitrogen and oxygen atoms in total. The summed E-state index contributed by atoms with van der Waals surface area (Å²) in [6, 6.07) is 4.32. The maximum Gasteiger partial charge on any atom is 0.254 e. The van der Waals surface area contributed by atoms with E-state index in [1.165, 1.54) is 18.2 Å². The van der Waals surface area contributed by atoms with Crippen molar-refractivity contribution in [3.05, 3.63) is 34.6 Å². The quantitative estimate of drug-likeness (QED) is 0.638. The van der Waals surface area contributed by atoms with Crippen molar-refractivity contribution in [1.29, 1.82) is 0 Å². The molecule has 0 aliphatic rings. The molecule has 0 aromatic heterocycles. The van der Waals surface area contributed by atoms with Crippen LogP contribution in [-0.2, 0) is 0 Å². The summed E-state index contributed by atoms with van der Waals surface area (Å²) >= 11 is 5.56. The first-order valence-corrected chi connectivity index (χ1v) is 5.16. The monoisotopic (exact) mass is 239 g/mol. The molecule has 0 saturated heterocycles. The van der Waals surface area contributed by atoms with Gasteiger partial charge in [0.05, 0.1) is 10.6 Å². The minimum absolute atomic E-state index is 0.0445. The summed E-state index contributed by atoms with van der Waals surface area (Å²) in [7, 11) is 0. The number of hydrogen-bond donors (Lipinski definition) is 1. The van der Waals surface area contributed by atoms with Crippen LogP contribution in [0, 0.1) is 17.7 Å². The molecule has 0 atom stereocenters. The van der Waals surface area contributed by atoms with Crippen molar-refractivity contribution in [3.8, 4) is 11.8 Å². The molecule has 1 aromatic rings. The number of hydrogen-bond acceptors (Lipinski definition) is 1. The predicted molar refractivity (Wildman–Crippen MR) is 61.8 cm³/mol. The van der Waals surface area contributed by atoms with Gasteiger partial charge in [-0.1, -0.05) is 17.7 Å². The highest BCUT2D eigenvalue weighted by Crippen LogP contribution is 2.17. The normalized spacial score (nSPS) is 9.19. The maximum atomic E-state index is 13.4. The number of carbonyl (C=O) groups excluding carboxylic acids is 1. The smallest absolute Gasteiger partial charge is 0.254 e. The molecule has 1 aromatic carbocycles. The van der Waals surface area contributed by atoms with Gasteiger partial charge in [-0.3, -0.25) is 4.79 Å². The van der Waals surface area contributed by atoms with Gasteiger partial charge in [0.1, 0.15) is 0 Å². The second kappa shape index (κ2) is 6.14. The second-order valence-corrected chi connectivity index (χ2v) is 3.44. The van der Waals surface area contributed by atoms with Crippen LogP contribution in [-0.4, -0.2) is 12.5 Å². The van der Waals surface area contributed by atoms with E-state index in [4.69, 9.17) is 11.6 Å². The first kappa shape index (κ1) is 12.5. The Kier molecular flexibility index (Phi) is 4.81. The summed E-state index contributed by atoms with van der Waals surface area (Å²) < 4.78 is 13.4. The van der Waals surface area contributed by atoms with E-state index in [0.29, 0.717) is 13.0 Å². The third kappa shape index (κ3) is 3.25. The van der Waals surface area contributed by atoms with Crippen LogP contribution in [0.25, 0.3) is 0 Å². The lowest BCUT2D eigenvalue weighted by Gasteiger charge is -2.04. The Morgan fingerprint density at radius 3 is 3.00 bits per heavy atom. The summed E-state index contributed by atoms with van der Waals surface area (Å²) in [6.45, 7) is 2.12. The highest BCUT2D eigenvalue weighted by atomic mass is 35.5. The molecular formula is C12H11ClFNO. The van der Waals surface area contributed by atoms with E-state index in [9.17, 15) is 9.18 Å². The van der Waals surface area contributed by atoms with E-state index in [1.807, 2.05) is 0 Å². The highest BCUT2D eigenvalue weighted by molar-refractivity contribution is 6.31. The van der Waals surface area contributed by atoms with Crippen LogP contribution in [0.4, 0.5) is 4.39 Å². The first-order valence-electron chi connectivity index (χ1n) is 4.78. The van der Waals surface area contributed by atoms with E-state index in [0.717, 1.165) is 0 Å². The maximum absolute atomic E-state index is 13.4. The molecule has 4 heteroatoms. The molecular weight excluding hydrogens is 229 g/mol. The summed E-state index contributed by atoms with van der Waals surface area (Å²) in [5.74, 6) is 4.34. The molecule has 16 heavy (non-hydrogen) atoms. The van der Waals surface area contributed by atoms with Crippen LogP contribution in [0.2, 0.25) is 5.02 Å². The molecule has 0 heterocycles. The van der Waals surface area contributed by atoms with Crippen LogP contribution in [0.3, 0.4) is 0 Å². The van der Waals surface area contributed by atoms with Gasteiger partial charge in [0.25, 0.3) is 5.91 Å². The van der Waals surface area contributed by atoms with Crippen LogP contribution < -0.4 is 5.32 Å². The fraction of sp³-hybridized carbons (Fsp3) is 0.250. The molecule has 1 rings (SSSR count). The molecule has 1 amide bonds. The lowest BCUT2D eigenvalue weighted by molar-refractivity contribution is 0.0950. The molecule has 84 valence electrons. The zero-order chi connectivity index (χ0) is 12.0. The molecule has 0 unspecified atom stereocenters. The van der Waals surface area contributed by atoms with Crippen LogP contribution in [0.5, 0.6) is 0 Å². The Morgan fingerprint density at radius 1 is 1.56 bits per heavy atom. The fourth-order valence-electron chi connectivity index (χ4n) is 1.14. The number of halogens is 2. The van der Waals surface area contributed by atoms with Gasteiger partial charge in [-0.05, 0) is 19.1 Å². The molecule has 1 N–H and O–H groups in total. The summed E-state index contributed by atoms with van der Waals surface area (Å²) in [4.78, 5) is 11.5. The average molecular weight is 240 g/mol. The van der Waals surface area contributed by atoms with Crippen molar-refractivity contribution < 1.29 is 9.18 Å². The number of benzene rings is 1. The average Bonchev–Trinajstić information content (AvgIpc) is 2.28. The largest absolute Gasteiger partial charge is 0.351 e. The molecule has 0 aliphatic heterocycles. The SMILES string of the molecule is CC#CCCNC(=O)c1cccc(Cl)c1F. The standard InChI is InChI=1S/C12H11ClFNO/c1-2-3-4-8-15-12(16)9-6-5-7-10(13)11(9)14/h5-7H,4,8H2,1H3,(H,15,16). The summed E-state index contributed by atoms with van der Waals surface area (Å²) in [5, 5.41) is 2.51. The van der Waals surface area contributed by atoms with E-state index >= 15 is 0 Å². The fourth-order valence-corrected chi connectivity index (χ4v) is 1.31. The van der Waals surface area contributed by atoms with Crippen molar-refractivity contribution in [1.82, 2.24) is 5.32 Å². The minimum atomic E-state index is -0.691. The lowest BCUT2D eigenvalue weighted by atomic mass is 10.2. The highest BCUT2D eigenvalue weighted by Gasteiger charge is 2.12. The Hall–Kier alpha value is -1.53. The topological polar surface area (TPSA) is 29.1 Å². The van der Waals surface area contributed by atoms with Gasteiger partial charge in [0.2, 0.25) is 0 Å². The summed E-state index contributed by atoms with van der Waals surface area (Å²) in [6.07, 6.45) is 0.546. The number of rotatable bonds is 3. The van der Waals surface area contributed by atoms with Gasteiger partial charge in [-0.15, -0.1) is 11.8 Å². The zero-order valence-corrected chi connectivity index (χ0v) is 9.57. The van der Waals surface area contributed by atoms with Gasteiger partial charge in [-0.25, -0.2) is 4.39 Å². The minimum Gasteiger partial charge on any atom is -0.351 e. The zero-order valence-electron chi connectivity index (χ0n) is 8.81. The number of carbonyl (C=O) groups is 1. The Morgan fingerprint density at radius 2 is 2.31 bits per heavy atom. The van der Waals surface area contributed by atoms with Gasteiger partial charge in [0.15, 0.2) is 5.82 Å². The first-order chi connectivity index (χ1) is 7.66. The van der Waals surface area contributed by atoms with Crippen LogP contribution in [0.15, 0.2) is 18.2 Å². The Labute approximate surface area is 98.8 Å². The van der Waals surface area contributed by atoms with Crippen molar-refractivity contribution >= 4 is 17.5 Å². The summed E-state index contributed by atoms with van der Waals surface area (Å²) in [5.41, 5.74) is -0.0445. The number of nitrogens with one attached hydrogen (secondary N) is 1. The van der Waals surface area contributed by atoms with Gasteiger partial charge >= 0.3 is 0 Å².